The number of carboxylic acids is 2. The van der Waals surface area contributed by atoms with E-state index in [2.05, 4.69) is 4.90 Å². The number of rotatable bonds is 8. The van der Waals surface area contributed by atoms with Crippen molar-refractivity contribution in [3.8, 4) is 0 Å². The number of hydrogen-bond acceptors (Lipinski definition) is 6. The summed E-state index contributed by atoms with van der Waals surface area (Å²) in [6.45, 7) is 5.73. The maximum atomic E-state index is 13.0. The standard InChI is InChI=1S/C23H28F3N3OS.C4H4O4/c24-23(25,26)18-5-3-6-19(17-18)28-14-12-27(13-15-28)9-1-2-10-29-11-4-7-21-20(22(29)30)8-16-31-21;5-3(6)1-2-4(7)8/h3,5-6,8,16-17H,1-2,4,7,9-15H2;1-2H,(H,5,6)(H,7,8)/b;2-1+. The highest BCUT2D eigenvalue weighted by Gasteiger charge is 2.31. The average molecular weight is 568 g/mol. The molecule has 0 saturated carbocycles. The number of halogens is 3. The number of aryl methyl sites for hydroxylation is 1. The van der Waals surface area contributed by atoms with Gasteiger partial charge in [-0.25, -0.2) is 9.59 Å². The van der Waals surface area contributed by atoms with Gasteiger partial charge in [-0.15, -0.1) is 11.3 Å². The molecule has 1 aromatic heterocycles. The van der Waals surface area contributed by atoms with Gasteiger partial charge in [0.2, 0.25) is 0 Å². The molecule has 2 aliphatic heterocycles. The number of carboxylic acid groups (broad SMARTS) is 2. The van der Waals surface area contributed by atoms with E-state index in [0.29, 0.717) is 17.8 Å². The highest BCUT2D eigenvalue weighted by Crippen LogP contribution is 2.32. The molecule has 3 heterocycles. The predicted octanol–water partition coefficient (Wildman–Crippen LogP) is 4.47. The summed E-state index contributed by atoms with van der Waals surface area (Å²) in [5, 5.41) is 17.6. The van der Waals surface area contributed by atoms with E-state index in [1.807, 2.05) is 21.2 Å². The smallest absolute Gasteiger partial charge is 0.416 e. The molecule has 2 aliphatic rings. The molecule has 0 atom stereocenters. The number of aliphatic carboxylic acids is 2. The van der Waals surface area contributed by atoms with Crippen LogP contribution >= 0.6 is 11.3 Å². The van der Waals surface area contributed by atoms with Crippen LogP contribution in [-0.2, 0) is 22.2 Å². The van der Waals surface area contributed by atoms with Gasteiger partial charge < -0.3 is 20.0 Å². The van der Waals surface area contributed by atoms with Crippen molar-refractivity contribution in [2.75, 3.05) is 50.7 Å². The van der Waals surface area contributed by atoms with Gasteiger partial charge in [0, 0.05) is 62.0 Å². The van der Waals surface area contributed by atoms with Crippen molar-refractivity contribution >= 4 is 34.9 Å². The molecule has 4 rings (SSSR count). The topological polar surface area (TPSA) is 101 Å². The second-order valence-corrected chi connectivity index (χ2v) is 10.2. The molecule has 1 amide bonds. The van der Waals surface area contributed by atoms with Gasteiger partial charge in [-0.2, -0.15) is 13.2 Å². The first-order valence-corrected chi connectivity index (χ1v) is 13.6. The molecule has 0 radical (unpaired) electrons. The third-order valence-electron chi connectivity index (χ3n) is 6.53. The zero-order valence-corrected chi connectivity index (χ0v) is 22.2. The summed E-state index contributed by atoms with van der Waals surface area (Å²) in [4.78, 5) is 39.4. The summed E-state index contributed by atoms with van der Waals surface area (Å²) >= 11 is 1.68. The third kappa shape index (κ3) is 9.39. The lowest BCUT2D eigenvalue weighted by molar-refractivity contribution is -0.137. The number of benzene rings is 1. The SMILES string of the molecule is O=C(O)/C=C/C(=O)O.O=C1c2ccsc2CCCN1CCCCN1CCN(c2cccc(C(F)(F)F)c2)CC1. The van der Waals surface area contributed by atoms with Crippen molar-refractivity contribution in [1.82, 2.24) is 9.80 Å². The van der Waals surface area contributed by atoms with Gasteiger partial charge in [0.25, 0.3) is 5.91 Å². The first-order valence-electron chi connectivity index (χ1n) is 12.7. The molecular formula is C27H32F3N3O5S. The van der Waals surface area contributed by atoms with E-state index in [0.717, 1.165) is 83.1 Å². The minimum Gasteiger partial charge on any atom is -0.478 e. The maximum Gasteiger partial charge on any atom is 0.416 e. The Morgan fingerprint density at radius 3 is 2.26 bits per heavy atom. The van der Waals surface area contributed by atoms with Crippen LogP contribution in [0, 0.1) is 0 Å². The minimum atomic E-state index is -4.31. The Labute approximate surface area is 228 Å². The van der Waals surface area contributed by atoms with Gasteiger partial charge >= 0.3 is 18.1 Å². The van der Waals surface area contributed by atoms with Crippen LogP contribution in [0.1, 0.15) is 40.1 Å². The van der Waals surface area contributed by atoms with Crippen molar-refractivity contribution < 1.29 is 37.8 Å². The molecule has 39 heavy (non-hydrogen) atoms. The van der Waals surface area contributed by atoms with Crippen LogP contribution in [0.25, 0.3) is 0 Å². The normalized spacial score (nSPS) is 16.4. The summed E-state index contributed by atoms with van der Waals surface area (Å²) in [5.41, 5.74) is 0.931. The number of carbonyl (C=O) groups excluding carboxylic acids is 1. The van der Waals surface area contributed by atoms with Gasteiger partial charge in [-0.1, -0.05) is 6.07 Å². The lowest BCUT2D eigenvalue weighted by Crippen LogP contribution is -2.46. The number of unbranched alkanes of at least 4 members (excludes halogenated alkanes) is 1. The Morgan fingerprint density at radius 2 is 1.62 bits per heavy atom. The van der Waals surface area contributed by atoms with Gasteiger partial charge in [0.15, 0.2) is 0 Å². The minimum absolute atomic E-state index is 0.170. The van der Waals surface area contributed by atoms with Crippen LogP contribution < -0.4 is 4.90 Å². The molecule has 0 aliphatic carbocycles. The molecule has 1 aromatic carbocycles. The van der Waals surface area contributed by atoms with Crippen molar-refractivity contribution in [3.63, 3.8) is 0 Å². The summed E-state index contributed by atoms with van der Waals surface area (Å²) in [7, 11) is 0. The summed E-state index contributed by atoms with van der Waals surface area (Å²) < 4.78 is 38.9. The van der Waals surface area contributed by atoms with Crippen molar-refractivity contribution in [1.29, 1.82) is 0 Å². The van der Waals surface area contributed by atoms with E-state index >= 15 is 0 Å². The van der Waals surface area contributed by atoms with Crippen LogP contribution in [-0.4, -0.2) is 83.7 Å². The largest absolute Gasteiger partial charge is 0.478 e. The molecule has 212 valence electrons. The van der Waals surface area contributed by atoms with Crippen LogP contribution in [0.15, 0.2) is 47.9 Å². The lowest BCUT2D eigenvalue weighted by Gasteiger charge is -2.36. The van der Waals surface area contributed by atoms with Gasteiger partial charge in [0.1, 0.15) is 0 Å². The van der Waals surface area contributed by atoms with Crippen molar-refractivity contribution in [2.24, 2.45) is 0 Å². The van der Waals surface area contributed by atoms with E-state index in [-0.39, 0.29) is 5.91 Å². The second-order valence-electron chi connectivity index (χ2n) is 9.25. The Balaban J connectivity index is 0.000000459. The molecule has 0 bridgehead atoms. The van der Waals surface area contributed by atoms with Gasteiger partial charge in [-0.3, -0.25) is 9.69 Å². The highest BCUT2D eigenvalue weighted by molar-refractivity contribution is 7.10. The Morgan fingerprint density at radius 1 is 0.949 bits per heavy atom. The molecule has 2 aromatic rings. The van der Waals surface area contributed by atoms with Crippen molar-refractivity contribution in [3.05, 3.63) is 63.9 Å². The predicted molar refractivity (Wildman–Crippen MR) is 142 cm³/mol. The molecule has 2 N–H and O–H groups in total. The van der Waals surface area contributed by atoms with E-state index < -0.39 is 23.7 Å². The van der Waals surface area contributed by atoms with Gasteiger partial charge in [0.05, 0.1) is 11.1 Å². The first kappa shape index (κ1) is 30.2. The van der Waals surface area contributed by atoms with E-state index in [4.69, 9.17) is 10.2 Å². The third-order valence-corrected chi connectivity index (χ3v) is 7.51. The lowest BCUT2D eigenvalue weighted by atomic mass is 10.1. The Bertz CT molecular complexity index is 1140. The number of nitrogens with zero attached hydrogens (tertiary/aromatic N) is 3. The van der Waals surface area contributed by atoms with Crippen LogP contribution in [0.4, 0.5) is 18.9 Å². The average Bonchev–Trinajstić information content (AvgIpc) is 3.32. The Kier molecular flexibility index (Phi) is 10.9. The molecule has 8 nitrogen and oxygen atoms in total. The highest BCUT2D eigenvalue weighted by atomic mass is 32.1. The molecule has 1 saturated heterocycles. The molecule has 0 unspecified atom stereocenters. The maximum absolute atomic E-state index is 13.0. The molecule has 12 heteroatoms. The Hall–Kier alpha value is -3.38. The zero-order valence-electron chi connectivity index (χ0n) is 21.4. The number of hydrogen-bond donors (Lipinski definition) is 2. The monoisotopic (exact) mass is 567 g/mol. The first-order chi connectivity index (χ1) is 18.5. The summed E-state index contributed by atoms with van der Waals surface area (Å²) in [5.74, 6) is -2.34. The van der Waals surface area contributed by atoms with E-state index in [1.165, 1.54) is 17.0 Å². The van der Waals surface area contributed by atoms with Crippen LogP contribution in [0.2, 0.25) is 0 Å². The number of fused-ring (bicyclic) bond motifs is 1. The fraction of sp³-hybridized carbons (Fsp3) is 0.444. The molecule has 0 spiro atoms. The molecule has 1 fully saturated rings. The van der Waals surface area contributed by atoms with Crippen molar-refractivity contribution in [2.45, 2.75) is 31.9 Å². The number of carbonyl (C=O) groups is 3. The molecular weight excluding hydrogens is 535 g/mol. The quantitative estimate of drug-likeness (QED) is 0.359. The zero-order chi connectivity index (χ0) is 28.4. The number of anilines is 1. The fourth-order valence-corrected chi connectivity index (χ4v) is 5.44. The van der Waals surface area contributed by atoms with Gasteiger partial charge in [-0.05, 0) is 61.9 Å². The number of amides is 1. The van der Waals surface area contributed by atoms with E-state index in [9.17, 15) is 27.6 Å². The fourth-order valence-electron chi connectivity index (χ4n) is 4.53. The number of piperazine rings is 1. The second kappa shape index (κ2) is 14.1. The summed E-state index contributed by atoms with van der Waals surface area (Å²) in [6, 6.07) is 7.54. The number of alkyl halides is 3. The van der Waals surface area contributed by atoms with Crippen LogP contribution in [0.5, 0.6) is 0 Å². The summed E-state index contributed by atoms with van der Waals surface area (Å²) in [6.07, 6.45) is 0.813. The van der Waals surface area contributed by atoms with Crippen LogP contribution in [0.3, 0.4) is 0 Å². The van der Waals surface area contributed by atoms with E-state index in [1.54, 1.807) is 17.4 Å². The number of thiophene rings is 1.